The van der Waals surface area contributed by atoms with Gasteiger partial charge < -0.3 is 14.4 Å². The SMILES string of the molecule is [2H]C([2H])([2H])c1ccc(-c2[c-]cc(C([2H])([2H])[2H])c(-c3ccccc3)c2)nc1.[2H]C([2H])([2H])c1ccc2oc3c(-c4cc(-c5cc(C([2H])([2H])[2H])c(-c6ccc(C([2H])([2H])C(C)(C)C)cc6)cc5C([2H])([2H])[2H])c(C([2H])([2H])[2H])cn4)[c-]ccc3c2c1.[Ir]. The van der Waals surface area contributed by atoms with E-state index in [1.807, 2.05) is 30.3 Å². The van der Waals surface area contributed by atoms with E-state index in [2.05, 4.69) is 22.1 Å². The van der Waals surface area contributed by atoms with Crippen molar-refractivity contribution in [1.82, 2.24) is 9.97 Å². The van der Waals surface area contributed by atoms with Crippen LogP contribution in [-0.2, 0) is 26.5 Å². The van der Waals surface area contributed by atoms with Gasteiger partial charge in [-0.05, 0) is 125 Å². The summed E-state index contributed by atoms with van der Waals surface area (Å²) in [5.41, 5.74) is 3.07. The molecular formula is C57H52IrN2O-2. The van der Waals surface area contributed by atoms with Gasteiger partial charge >= 0.3 is 0 Å². The Kier molecular flexibility index (Phi) is 7.21. The molecule has 3 heterocycles. The molecule has 1 radical (unpaired) electrons. The van der Waals surface area contributed by atoms with Gasteiger partial charge in [-0.3, -0.25) is 0 Å². The topological polar surface area (TPSA) is 38.9 Å². The summed E-state index contributed by atoms with van der Waals surface area (Å²) in [5, 5.41) is 1.07. The van der Waals surface area contributed by atoms with Crippen LogP contribution in [0.4, 0.5) is 0 Å². The molecule has 0 saturated carbocycles. The minimum absolute atomic E-state index is 0. The van der Waals surface area contributed by atoms with Crippen LogP contribution in [0.25, 0.3) is 77.8 Å². The normalized spacial score (nSPS) is 17.6. The van der Waals surface area contributed by atoms with E-state index in [-0.39, 0.29) is 87.0 Å². The van der Waals surface area contributed by atoms with Crippen molar-refractivity contribution in [2.45, 2.75) is 68.3 Å². The Morgan fingerprint density at radius 3 is 2.00 bits per heavy atom. The van der Waals surface area contributed by atoms with E-state index in [9.17, 15) is 0 Å². The minimum Gasteiger partial charge on any atom is -0.501 e. The van der Waals surface area contributed by atoms with Crippen LogP contribution in [0.2, 0.25) is 0 Å². The Labute approximate surface area is 403 Å². The molecule has 0 saturated heterocycles. The molecule has 0 aliphatic heterocycles. The largest absolute Gasteiger partial charge is 0.501 e. The molecule has 0 spiro atoms. The molecule has 0 aliphatic carbocycles. The fraction of sp³-hybridized carbons (Fsp3) is 0.193. The Morgan fingerprint density at radius 2 is 1.28 bits per heavy atom. The smallest absolute Gasteiger partial charge is 0.120 e. The maximum Gasteiger partial charge on any atom is 0.120 e. The number of aromatic nitrogens is 2. The molecule has 9 aromatic rings. The maximum absolute atomic E-state index is 8.65. The van der Waals surface area contributed by atoms with Gasteiger partial charge in [0.05, 0.1) is 5.58 Å². The number of nitrogens with zero attached hydrogens (tertiary/aromatic N) is 2. The van der Waals surface area contributed by atoms with Gasteiger partial charge in [-0.25, -0.2) is 0 Å². The Bertz CT molecular complexity index is 3740. The molecule has 307 valence electrons. The third-order valence-electron chi connectivity index (χ3n) is 9.83. The second-order valence-corrected chi connectivity index (χ2v) is 15.4. The molecule has 0 amide bonds. The standard InChI is InChI=1S/C38H36NO.C19H16N.Ir/c1-23-11-16-36-34(17-23)29-9-8-10-30(37(29)40-36)35-20-33(26(4)22-39-35)32-19-24(2)31(18-25(32)3)28-14-12-27(13-15-28)21-38(5,6)7;1-14-8-11-19(20-13-14)17-10-9-15(2)18(12-17)16-6-4-3-5-7-16;/h8-9,11-20,22H,21H2,1-7H3;3-9,11-13H,1-2H3;/q2*-1;/i1D3,2D3,3D3,4D3,21D2;1D3,2D3;. The number of aryl methyl sites for hydroxylation is 6. The third kappa shape index (κ3) is 9.52. The van der Waals surface area contributed by atoms with E-state index in [0.717, 1.165) is 11.8 Å². The molecule has 0 aliphatic rings. The van der Waals surface area contributed by atoms with E-state index in [0.29, 0.717) is 44.3 Å². The number of fused-ring (bicyclic) bond motifs is 3. The van der Waals surface area contributed by atoms with Gasteiger partial charge in [0.15, 0.2) is 0 Å². The molecule has 0 atom stereocenters. The summed E-state index contributed by atoms with van der Waals surface area (Å²) in [6.45, 7) is -9.98. The van der Waals surface area contributed by atoms with Crippen LogP contribution >= 0.6 is 0 Å². The van der Waals surface area contributed by atoms with Crippen molar-refractivity contribution in [3.63, 3.8) is 0 Å². The number of hydrogen-bond acceptors (Lipinski definition) is 3. The van der Waals surface area contributed by atoms with Crippen molar-refractivity contribution in [2.24, 2.45) is 5.41 Å². The summed E-state index contributed by atoms with van der Waals surface area (Å²) in [6, 6.07) is 39.4. The number of hydrogen-bond donors (Lipinski definition) is 0. The molecule has 6 aromatic carbocycles. The van der Waals surface area contributed by atoms with Crippen LogP contribution < -0.4 is 0 Å². The van der Waals surface area contributed by atoms with Crippen LogP contribution in [-0.4, -0.2) is 9.97 Å². The van der Waals surface area contributed by atoms with E-state index < -0.39 is 52.9 Å². The molecule has 3 aromatic heterocycles. The van der Waals surface area contributed by atoms with Crippen molar-refractivity contribution in [1.29, 1.82) is 0 Å². The fourth-order valence-corrected chi connectivity index (χ4v) is 7.02. The summed E-state index contributed by atoms with van der Waals surface area (Å²) < 4.78 is 169. The second kappa shape index (κ2) is 18.0. The Morgan fingerprint density at radius 1 is 0.590 bits per heavy atom. The minimum atomic E-state index is -2.85. The first-order chi connectivity index (χ1) is 36.9. The number of furan rings is 1. The number of rotatable bonds is 6. The number of pyridine rings is 2. The van der Waals surface area contributed by atoms with Gasteiger partial charge in [0.2, 0.25) is 0 Å². The van der Waals surface area contributed by atoms with Crippen LogP contribution in [0, 0.1) is 58.7 Å². The van der Waals surface area contributed by atoms with Crippen molar-refractivity contribution < 1.29 is 51.9 Å². The molecule has 0 fully saturated rings. The monoisotopic (exact) mass is 993 g/mol. The molecule has 3 nitrogen and oxygen atoms in total. The zero-order valence-corrected chi connectivity index (χ0v) is 35.8. The van der Waals surface area contributed by atoms with Crippen LogP contribution in [0.15, 0.2) is 144 Å². The van der Waals surface area contributed by atoms with Crippen LogP contribution in [0.3, 0.4) is 0 Å². The van der Waals surface area contributed by atoms with E-state index in [4.69, 9.17) is 31.8 Å². The molecule has 0 bridgehead atoms. The molecule has 4 heteroatoms. The summed E-state index contributed by atoms with van der Waals surface area (Å²) in [7, 11) is 0. The molecule has 61 heavy (non-hydrogen) atoms. The van der Waals surface area contributed by atoms with Crippen molar-refractivity contribution in [2.75, 3.05) is 0 Å². The van der Waals surface area contributed by atoms with Crippen molar-refractivity contribution in [3.8, 4) is 55.9 Å². The summed E-state index contributed by atoms with van der Waals surface area (Å²) in [5.74, 6) is 0. The van der Waals surface area contributed by atoms with Crippen molar-refractivity contribution in [3.05, 3.63) is 191 Å². The third-order valence-corrected chi connectivity index (χ3v) is 9.83. The average Bonchev–Trinajstić information content (AvgIpc) is 3.76. The first-order valence-corrected chi connectivity index (χ1v) is 19.1. The van der Waals surface area contributed by atoms with Gasteiger partial charge in [0.1, 0.15) is 5.58 Å². The van der Waals surface area contributed by atoms with Gasteiger partial charge in [-0.2, -0.15) is 0 Å². The first kappa shape index (κ1) is 24.5. The van der Waals surface area contributed by atoms with Gasteiger partial charge in [-0.1, -0.05) is 141 Å². The summed E-state index contributed by atoms with van der Waals surface area (Å²) in [6.07, 6.45) is 0.686. The second-order valence-electron chi connectivity index (χ2n) is 15.4. The first-order valence-electron chi connectivity index (χ1n) is 29.1. The average molecular weight is 993 g/mol. The molecule has 0 unspecified atom stereocenters. The number of benzene rings is 6. The summed E-state index contributed by atoms with van der Waals surface area (Å²) in [4.78, 5) is 8.64. The van der Waals surface area contributed by atoms with E-state index >= 15 is 0 Å². The summed E-state index contributed by atoms with van der Waals surface area (Å²) >= 11 is 0. The Balaban J connectivity index is 0.000000293. The quantitative estimate of drug-likeness (QED) is 0.156. The van der Waals surface area contributed by atoms with Gasteiger partial charge in [-0.15, -0.1) is 47.5 Å². The zero-order valence-electron chi connectivity index (χ0n) is 53.4. The van der Waals surface area contributed by atoms with E-state index in [1.165, 1.54) is 48.7 Å². The zero-order chi connectivity index (χ0) is 58.9. The van der Waals surface area contributed by atoms with Crippen LogP contribution in [0.1, 0.15) is 87.1 Å². The van der Waals surface area contributed by atoms with Gasteiger partial charge in [0, 0.05) is 65.3 Å². The molecular weight excluding hydrogens is 921 g/mol. The van der Waals surface area contributed by atoms with Gasteiger partial charge in [0.25, 0.3) is 0 Å². The van der Waals surface area contributed by atoms with Crippen molar-refractivity contribution >= 4 is 21.9 Å². The van der Waals surface area contributed by atoms with E-state index in [1.54, 1.807) is 75.4 Å². The fourth-order valence-electron chi connectivity index (χ4n) is 7.02. The predicted molar refractivity (Wildman–Crippen MR) is 252 cm³/mol. The molecule has 0 N–H and O–H groups in total. The Hall–Kier alpha value is -5.93. The molecule has 9 rings (SSSR count). The predicted octanol–water partition coefficient (Wildman–Crippen LogP) is 15.4. The van der Waals surface area contributed by atoms with Crippen LogP contribution in [0.5, 0.6) is 0 Å². The maximum atomic E-state index is 8.65.